The van der Waals surface area contributed by atoms with E-state index < -0.39 is 6.10 Å². The summed E-state index contributed by atoms with van der Waals surface area (Å²) in [6.07, 6.45) is 2.55. The molecule has 30 heavy (non-hydrogen) atoms. The van der Waals surface area contributed by atoms with Crippen LogP contribution in [-0.2, 0) is 6.54 Å². The summed E-state index contributed by atoms with van der Waals surface area (Å²) in [5, 5.41) is 26.2. The summed E-state index contributed by atoms with van der Waals surface area (Å²) < 4.78 is 20.6. The summed E-state index contributed by atoms with van der Waals surface area (Å²) in [6.45, 7) is 0.435. The third-order valence-electron chi connectivity index (χ3n) is 4.80. The van der Waals surface area contributed by atoms with Crippen LogP contribution in [0.3, 0.4) is 0 Å². The predicted molar refractivity (Wildman–Crippen MR) is 111 cm³/mol. The van der Waals surface area contributed by atoms with Crippen molar-refractivity contribution in [3.8, 4) is 28.3 Å². The van der Waals surface area contributed by atoms with Crippen LogP contribution in [-0.4, -0.2) is 39.2 Å². The Labute approximate surface area is 173 Å². The Morgan fingerprint density at radius 2 is 1.73 bits per heavy atom. The second kappa shape index (κ2) is 9.04. The zero-order valence-electron chi connectivity index (χ0n) is 16.2. The first-order valence-corrected chi connectivity index (χ1v) is 9.62. The lowest BCUT2D eigenvalue weighted by atomic mass is 10.1. The smallest absolute Gasteiger partial charge is 0.152 e. The van der Waals surface area contributed by atoms with Crippen molar-refractivity contribution < 1.29 is 19.0 Å². The van der Waals surface area contributed by atoms with Crippen molar-refractivity contribution in [3.05, 3.63) is 84.5 Å². The molecule has 0 aliphatic heterocycles. The first-order valence-electron chi connectivity index (χ1n) is 9.62. The number of nitrogens with one attached hydrogen (secondary N) is 1. The number of furan rings is 1. The van der Waals surface area contributed by atoms with Gasteiger partial charge < -0.3 is 19.9 Å². The SMILES string of the molecule is OCC(O)CNCc1cnn(-c2ccc(-c3ccc(F)cc3)cc2)c1-c1ccco1. The highest BCUT2D eigenvalue weighted by molar-refractivity contribution is 5.66. The molecule has 0 saturated carbocycles. The Morgan fingerprint density at radius 3 is 2.37 bits per heavy atom. The fourth-order valence-electron chi connectivity index (χ4n) is 3.26. The average molecular weight is 407 g/mol. The lowest BCUT2D eigenvalue weighted by molar-refractivity contribution is 0.0942. The summed E-state index contributed by atoms with van der Waals surface area (Å²) in [5.41, 5.74) is 4.47. The van der Waals surface area contributed by atoms with E-state index in [4.69, 9.17) is 9.52 Å². The molecule has 1 unspecified atom stereocenters. The molecule has 0 radical (unpaired) electrons. The fourth-order valence-corrected chi connectivity index (χ4v) is 3.26. The van der Waals surface area contributed by atoms with Gasteiger partial charge in [0.1, 0.15) is 11.5 Å². The molecule has 2 aromatic carbocycles. The molecule has 0 fully saturated rings. The Bertz CT molecular complexity index is 1070. The van der Waals surface area contributed by atoms with Gasteiger partial charge in [-0.3, -0.25) is 0 Å². The molecule has 0 amide bonds. The molecular weight excluding hydrogens is 385 g/mol. The van der Waals surface area contributed by atoms with Gasteiger partial charge in [0.25, 0.3) is 0 Å². The highest BCUT2D eigenvalue weighted by Crippen LogP contribution is 2.28. The molecule has 4 rings (SSSR count). The van der Waals surface area contributed by atoms with Crippen molar-refractivity contribution in [1.29, 1.82) is 0 Å². The van der Waals surface area contributed by atoms with Crippen LogP contribution in [0.2, 0.25) is 0 Å². The summed E-state index contributed by atoms with van der Waals surface area (Å²) in [4.78, 5) is 0. The number of benzene rings is 2. The van der Waals surface area contributed by atoms with Crippen LogP contribution >= 0.6 is 0 Å². The van der Waals surface area contributed by atoms with Gasteiger partial charge in [0.15, 0.2) is 5.76 Å². The van der Waals surface area contributed by atoms with Crippen molar-refractivity contribution in [2.24, 2.45) is 0 Å². The minimum absolute atomic E-state index is 0.261. The molecule has 4 aromatic rings. The third kappa shape index (κ3) is 4.33. The van der Waals surface area contributed by atoms with E-state index in [-0.39, 0.29) is 19.0 Å². The lowest BCUT2D eigenvalue weighted by Crippen LogP contribution is -2.29. The zero-order chi connectivity index (χ0) is 20.9. The monoisotopic (exact) mass is 407 g/mol. The summed E-state index contributed by atoms with van der Waals surface area (Å²) >= 11 is 0. The highest BCUT2D eigenvalue weighted by atomic mass is 19.1. The van der Waals surface area contributed by atoms with Crippen LogP contribution in [0.5, 0.6) is 0 Å². The Balaban J connectivity index is 1.62. The van der Waals surface area contributed by atoms with Crippen molar-refractivity contribution in [2.75, 3.05) is 13.2 Å². The molecule has 2 aromatic heterocycles. The van der Waals surface area contributed by atoms with E-state index in [9.17, 15) is 9.50 Å². The molecule has 0 spiro atoms. The van der Waals surface area contributed by atoms with Crippen molar-refractivity contribution in [1.82, 2.24) is 15.1 Å². The number of hydrogen-bond donors (Lipinski definition) is 3. The second-order valence-corrected chi connectivity index (χ2v) is 6.93. The maximum Gasteiger partial charge on any atom is 0.152 e. The van der Waals surface area contributed by atoms with Gasteiger partial charge in [0.05, 0.1) is 30.9 Å². The minimum atomic E-state index is -0.814. The number of halogens is 1. The highest BCUT2D eigenvalue weighted by Gasteiger charge is 2.17. The van der Waals surface area contributed by atoms with Gasteiger partial charge in [-0.25, -0.2) is 9.07 Å². The maximum absolute atomic E-state index is 13.2. The second-order valence-electron chi connectivity index (χ2n) is 6.93. The molecule has 0 saturated heterocycles. The normalized spacial score (nSPS) is 12.2. The number of rotatable bonds is 8. The van der Waals surface area contributed by atoms with E-state index in [2.05, 4.69) is 10.4 Å². The molecular formula is C23H22FN3O3. The minimum Gasteiger partial charge on any atom is -0.463 e. The van der Waals surface area contributed by atoms with E-state index in [0.717, 1.165) is 28.1 Å². The molecule has 0 aliphatic carbocycles. The number of aliphatic hydroxyl groups is 2. The quantitative estimate of drug-likeness (QED) is 0.417. The van der Waals surface area contributed by atoms with E-state index in [1.807, 2.05) is 36.4 Å². The summed E-state index contributed by atoms with van der Waals surface area (Å²) in [5.74, 6) is 0.414. The largest absolute Gasteiger partial charge is 0.463 e. The van der Waals surface area contributed by atoms with Crippen molar-refractivity contribution >= 4 is 0 Å². The van der Waals surface area contributed by atoms with E-state index in [1.54, 1.807) is 29.3 Å². The Kier molecular flexibility index (Phi) is 6.04. The van der Waals surface area contributed by atoms with Gasteiger partial charge in [0, 0.05) is 18.7 Å². The molecule has 3 N–H and O–H groups in total. The van der Waals surface area contributed by atoms with Crippen LogP contribution in [0.4, 0.5) is 4.39 Å². The number of aromatic nitrogens is 2. The van der Waals surface area contributed by atoms with Gasteiger partial charge in [-0.05, 0) is 47.5 Å². The number of aliphatic hydroxyl groups excluding tert-OH is 2. The van der Waals surface area contributed by atoms with E-state index in [0.29, 0.717) is 12.3 Å². The van der Waals surface area contributed by atoms with E-state index in [1.165, 1.54) is 12.1 Å². The summed E-state index contributed by atoms with van der Waals surface area (Å²) in [6, 6.07) is 17.9. The van der Waals surface area contributed by atoms with Crippen LogP contribution in [0.15, 0.2) is 77.5 Å². The van der Waals surface area contributed by atoms with E-state index >= 15 is 0 Å². The first kappa shape index (κ1) is 20.0. The van der Waals surface area contributed by atoms with Gasteiger partial charge >= 0.3 is 0 Å². The lowest BCUT2D eigenvalue weighted by Gasteiger charge is -2.11. The predicted octanol–water partition coefficient (Wildman–Crippen LogP) is 3.38. The Morgan fingerprint density at radius 1 is 1.03 bits per heavy atom. The molecule has 6 nitrogen and oxygen atoms in total. The summed E-state index contributed by atoms with van der Waals surface area (Å²) in [7, 11) is 0. The molecule has 0 aliphatic rings. The van der Waals surface area contributed by atoms with Gasteiger partial charge in [-0.2, -0.15) is 5.10 Å². The average Bonchev–Trinajstić information content (AvgIpc) is 3.44. The topological polar surface area (TPSA) is 83.5 Å². The van der Waals surface area contributed by atoms with Crippen LogP contribution in [0.1, 0.15) is 5.56 Å². The molecule has 0 bridgehead atoms. The van der Waals surface area contributed by atoms with Crippen LogP contribution < -0.4 is 5.32 Å². The van der Waals surface area contributed by atoms with Gasteiger partial charge in [-0.15, -0.1) is 0 Å². The fraction of sp³-hybridized carbons (Fsp3) is 0.174. The number of hydrogen-bond acceptors (Lipinski definition) is 5. The van der Waals surface area contributed by atoms with Crippen LogP contribution in [0.25, 0.3) is 28.3 Å². The van der Waals surface area contributed by atoms with Crippen molar-refractivity contribution in [3.63, 3.8) is 0 Å². The molecule has 154 valence electrons. The Hall–Kier alpha value is -3.26. The van der Waals surface area contributed by atoms with Gasteiger partial charge in [0.2, 0.25) is 0 Å². The maximum atomic E-state index is 13.2. The molecule has 7 heteroatoms. The molecule has 2 heterocycles. The van der Waals surface area contributed by atoms with Crippen molar-refractivity contribution in [2.45, 2.75) is 12.6 Å². The zero-order valence-corrected chi connectivity index (χ0v) is 16.2. The third-order valence-corrected chi connectivity index (χ3v) is 4.80. The number of nitrogens with zero attached hydrogens (tertiary/aromatic N) is 2. The standard InChI is InChI=1S/C23H22FN3O3/c24-19-7-3-16(4-8-19)17-5-9-20(10-6-17)27-23(22-2-1-11-30-22)18(13-26-27)12-25-14-21(29)15-28/h1-11,13,21,25,28-29H,12,14-15H2. The first-order chi connectivity index (χ1) is 14.7. The van der Waals surface area contributed by atoms with Gasteiger partial charge in [-0.1, -0.05) is 24.3 Å². The van der Waals surface area contributed by atoms with Crippen LogP contribution in [0, 0.1) is 5.82 Å². The molecule has 1 atom stereocenters.